The van der Waals surface area contributed by atoms with Gasteiger partial charge in [0.05, 0.1) is 16.7 Å². The Morgan fingerprint density at radius 2 is 0.905 bits per heavy atom. The van der Waals surface area contributed by atoms with Crippen LogP contribution in [0.25, 0.3) is 49.7 Å². The molecule has 0 unspecified atom stereocenters. The maximum Gasteiger partial charge on any atom is 0.0541 e. The molecule has 4 bridgehead atoms. The summed E-state index contributed by atoms with van der Waals surface area (Å²) >= 11 is 0. The Kier molecular flexibility index (Phi) is 8.17. The Bertz CT molecular complexity index is 3120. The summed E-state index contributed by atoms with van der Waals surface area (Å²) in [6, 6.07) is 73.1. The second-order valence-electron chi connectivity index (χ2n) is 19.8. The van der Waals surface area contributed by atoms with Crippen molar-refractivity contribution in [3.63, 3.8) is 0 Å². The average Bonchev–Trinajstić information content (AvgIpc) is 3.66. The molecule has 5 aliphatic carbocycles. The fourth-order valence-corrected chi connectivity index (χ4v) is 13.8. The Labute approximate surface area is 371 Å². The van der Waals surface area contributed by atoms with Crippen molar-refractivity contribution in [2.24, 2.45) is 23.7 Å². The van der Waals surface area contributed by atoms with E-state index in [2.05, 4.69) is 217 Å². The van der Waals surface area contributed by atoms with Gasteiger partial charge in [0.2, 0.25) is 0 Å². The Morgan fingerprint density at radius 3 is 1.56 bits per heavy atom. The van der Waals surface area contributed by atoms with E-state index in [-0.39, 0.29) is 10.8 Å². The highest BCUT2D eigenvalue weighted by molar-refractivity contribution is 6.09. The molecule has 0 aliphatic heterocycles. The number of aromatic nitrogens is 1. The van der Waals surface area contributed by atoms with Gasteiger partial charge >= 0.3 is 0 Å². The molecule has 4 saturated carbocycles. The van der Waals surface area contributed by atoms with Gasteiger partial charge in [-0.25, -0.2) is 0 Å². The lowest BCUT2D eigenvalue weighted by atomic mass is 9.39. The minimum atomic E-state index is -0.0854. The van der Waals surface area contributed by atoms with Crippen molar-refractivity contribution in [2.45, 2.75) is 56.8 Å². The quantitative estimate of drug-likeness (QED) is 0.162. The highest BCUT2D eigenvalue weighted by Crippen LogP contribution is 2.69. The molecule has 4 fully saturated rings. The number of rotatable bonds is 6. The Balaban J connectivity index is 0.974. The van der Waals surface area contributed by atoms with Crippen molar-refractivity contribution < 1.29 is 0 Å². The van der Waals surface area contributed by atoms with Crippen molar-refractivity contribution in [3.8, 4) is 27.9 Å². The first-order valence-electron chi connectivity index (χ1n) is 23.4. The first kappa shape index (κ1) is 37.0. The van der Waals surface area contributed by atoms with Gasteiger partial charge in [0, 0.05) is 44.2 Å². The standard InChI is InChI=1S/C61H52N2/c1-60(2)53-19-9-10-20-55(53)61(45-35-40-34-41(37-45)38-46(61)36-40)56-39-49(32-33-54(56)60)62(47-28-24-43(25-29-47)42-14-4-3-5-15-42)48-30-26-44(27-31-48)50-16-6-11-21-57(50)63-58-22-12-7-17-51(58)52-18-8-13-23-59(52)63/h3-33,39-41,45-46H,34-38H2,1-2H3. The number of nitrogens with zero attached hydrogens (tertiary/aromatic N) is 2. The predicted octanol–water partition coefficient (Wildman–Crippen LogP) is 16.0. The topological polar surface area (TPSA) is 8.17 Å². The van der Waals surface area contributed by atoms with Crippen LogP contribution >= 0.6 is 0 Å². The molecule has 8 aromatic carbocycles. The van der Waals surface area contributed by atoms with Gasteiger partial charge in [0.1, 0.15) is 0 Å². The van der Waals surface area contributed by atoms with Gasteiger partial charge in [-0.05, 0) is 149 Å². The summed E-state index contributed by atoms with van der Waals surface area (Å²) in [6.07, 6.45) is 6.93. The first-order chi connectivity index (χ1) is 31.0. The molecule has 2 nitrogen and oxygen atoms in total. The second-order valence-corrected chi connectivity index (χ2v) is 19.8. The minimum absolute atomic E-state index is 0.0497. The summed E-state index contributed by atoms with van der Waals surface area (Å²) in [5.74, 6) is 3.16. The fourth-order valence-electron chi connectivity index (χ4n) is 13.8. The fraction of sp³-hybridized carbons (Fsp3) is 0.213. The maximum absolute atomic E-state index is 2.66. The molecule has 1 heterocycles. The summed E-state index contributed by atoms with van der Waals surface area (Å²) in [5.41, 5.74) is 18.3. The van der Waals surface area contributed by atoms with E-state index in [1.807, 2.05) is 0 Å². The average molecular weight is 813 g/mol. The normalized spacial score (nSPS) is 22.6. The van der Waals surface area contributed by atoms with Crippen molar-refractivity contribution in [1.82, 2.24) is 4.57 Å². The van der Waals surface area contributed by atoms with Crippen LogP contribution in [-0.2, 0) is 10.8 Å². The van der Waals surface area contributed by atoms with Crippen LogP contribution in [0.3, 0.4) is 0 Å². The lowest BCUT2D eigenvalue weighted by Crippen LogP contribution is -2.58. The summed E-state index contributed by atoms with van der Waals surface area (Å²) < 4.78 is 2.45. The van der Waals surface area contributed by atoms with Crippen LogP contribution in [0.15, 0.2) is 194 Å². The molecule has 1 aromatic heterocycles. The van der Waals surface area contributed by atoms with Gasteiger partial charge in [0.15, 0.2) is 0 Å². The number of hydrogen-bond acceptors (Lipinski definition) is 1. The van der Waals surface area contributed by atoms with E-state index >= 15 is 0 Å². The van der Waals surface area contributed by atoms with E-state index in [9.17, 15) is 0 Å². The summed E-state index contributed by atoms with van der Waals surface area (Å²) in [6.45, 7) is 4.95. The highest BCUT2D eigenvalue weighted by Gasteiger charge is 2.62. The molecular formula is C61H52N2. The highest BCUT2D eigenvalue weighted by atomic mass is 15.1. The van der Waals surface area contributed by atoms with Crippen molar-refractivity contribution in [3.05, 3.63) is 216 Å². The zero-order chi connectivity index (χ0) is 41.9. The van der Waals surface area contributed by atoms with Crippen LogP contribution in [0, 0.1) is 23.7 Å². The maximum atomic E-state index is 2.66. The third-order valence-electron chi connectivity index (χ3n) is 16.2. The molecule has 9 aromatic rings. The largest absolute Gasteiger partial charge is 0.310 e. The Morgan fingerprint density at radius 1 is 0.413 bits per heavy atom. The number of hydrogen-bond donors (Lipinski definition) is 0. The van der Waals surface area contributed by atoms with Crippen molar-refractivity contribution in [1.29, 1.82) is 0 Å². The van der Waals surface area contributed by atoms with E-state index in [0.717, 1.165) is 17.5 Å². The van der Waals surface area contributed by atoms with E-state index in [0.29, 0.717) is 11.8 Å². The molecule has 1 spiro atoms. The summed E-state index contributed by atoms with van der Waals surface area (Å²) in [7, 11) is 0. The summed E-state index contributed by atoms with van der Waals surface area (Å²) in [5, 5.41) is 2.55. The van der Waals surface area contributed by atoms with Crippen LogP contribution in [0.5, 0.6) is 0 Å². The minimum Gasteiger partial charge on any atom is -0.310 e. The van der Waals surface area contributed by atoms with Gasteiger partial charge in [-0.1, -0.05) is 153 Å². The molecule has 0 N–H and O–H groups in total. The SMILES string of the molecule is CC1(C)c2ccccc2C2(c3cc(N(c4ccc(-c5ccccc5)cc4)c4ccc(-c5ccccc5-n5c6ccccc6c6ccccc65)cc4)ccc31)C1CC3CC(C1)CC2C3. The first-order valence-corrected chi connectivity index (χ1v) is 23.4. The van der Waals surface area contributed by atoms with Crippen LogP contribution in [-0.4, -0.2) is 4.57 Å². The van der Waals surface area contributed by atoms with E-state index in [4.69, 9.17) is 0 Å². The van der Waals surface area contributed by atoms with Crippen LogP contribution in [0.2, 0.25) is 0 Å². The van der Waals surface area contributed by atoms with Crippen LogP contribution < -0.4 is 4.90 Å². The third-order valence-corrected chi connectivity index (χ3v) is 16.2. The molecule has 0 atom stereocenters. The Hall–Kier alpha value is -6.64. The van der Waals surface area contributed by atoms with Crippen LogP contribution in [0.1, 0.15) is 68.2 Å². The molecule has 0 radical (unpaired) electrons. The van der Waals surface area contributed by atoms with Crippen molar-refractivity contribution in [2.75, 3.05) is 4.90 Å². The lowest BCUT2D eigenvalue weighted by Gasteiger charge is -2.64. The molecular weight excluding hydrogens is 761 g/mol. The molecule has 306 valence electrons. The number of fused-ring (bicyclic) bond motifs is 5. The number of para-hydroxylation sites is 3. The molecule has 63 heavy (non-hydrogen) atoms. The van der Waals surface area contributed by atoms with Gasteiger partial charge in [-0.15, -0.1) is 0 Å². The predicted molar refractivity (Wildman–Crippen MR) is 263 cm³/mol. The van der Waals surface area contributed by atoms with Gasteiger partial charge in [0.25, 0.3) is 0 Å². The smallest absolute Gasteiger partial charge is 0.0541 e. The lowest BCUT2D eigenvalue weighted by molar-refractivity contribution is -0.0443. The monoisotopic (exact) mass is 812 g/mol. The summed E-state index contributed by atoms with van der Waals surface area (Å²) in [4.78, 5) is 2.52. The van der Waals surface area contributed by atoms with Gasteiger partial charge in [-0.2, -0.15) is 0 Å². The van der Waals surface area contributed by atoms with E-state index in [1.54, 1.807) is 16.7 Å². The number of benzene rings is 8. The molecule has 0 amide bonds. The van der Waals surface area contributed by atoms with Gasteiger partial charge < -0.3 is 9.47 Å². The molecule has 14 rings (SSSR count). The van der Waals surface area contributed by atoms with Crippen molar-refractivity contribution >= 4 is 38.9 Å². The van der Waals surface area contributed by atoms with Crippen LogP contribution in [0.4, 0.5) is 17.1 Å². The van der Waals surface area contributed by atoms with Gasteiger partial charge in [-0.3, -0.25) is 0 Å². The molecule has 2 heteroatoms. The number of anilines is 3. The zero-order valence-electron chi connectivity index (χ0n) is 36.2. The zero-order valence-corrected chi connectivity index (χ0v) is 36.2. The molecule has 0 saturated heterocycles. The van der Waals surface area contributed by atoms with E-state index < -0.39 is 0 Å². The third kappa shape index (κ3) is 5.43. The molecule has 5 aliphatic rings. The second kappa shape index (κ2) is 13.9. The van der Waals surface area contributed by atoms with E-state index in [1.165, 1.54) is 98.8 Å².